The molecular weight excluding hydrogens is 238 g/mol. The Bertz CT molecular complexity index is 437. The fourth-order valence-electron chi connectivity index (χ4n) is 2.58. The van der Waals surface area contributed by atoms with Gasteiger partial charge in [0.05, 0.1) is 12.2 Å². The van der Waals surface area contributed by atoms with Crippen molar-refractivity contribution >= 4 is 5.91 Å². The molecule has 1 aromatic rings. The van der Waals surface area contributed by atoms with Crippen LogP contribution in [0.25, 0.3) is 0 Å². The highest BCUT2D eigenvalue weighted by Gasteiger charge is 2.23. The van der Waals surface area contributed by atoms with Gasteiger partial charge in [-0.25, -0.2) is 0 Å². The maximum atomic E-state index is 12.3. The molecule has 0 saturated carbocycles. The van der Waals surface area contributed by atoms with Crippen LogP contribution in [0, 0.1) is 0 Å². The van der Waals surface area contributed by atoms with Crippen molar-refractivity contribution in [1.29, 1.82) is 0 Å². The molecule has 1 N–H and O–H groups in total. The van der Waals surface area contributed by atoms with E-state index < -0.39 is 0 Å². The van der Waals surface area contributed by atoms with Gasteiger partial charge in [-0.3, -0.25) is 4.79 Å². The summed E-state index contributed by atoms with van der Waals surface area (Å²) in [7, 11) is 0. The van der Waals surface area contributed by atoms with E-state index in [0.29, 0.717) is 6.04 Å². The molecule has 1 atom stereocenters. The predicted octanol–water partition coefficient (Wildman–Crippen LogP) is 3.56. The molecule has 104 valence electrons. The number of furan rings is 1. The number of rotatable bonds is 4. The molecule has 1 aromatic heterocycles. The lowest BCUT2D eigenvalue weighted by molar-refractivity contribution is -0.123. The SMILES string of the molecule is CCc1ccoc1C(C)C(=O)NC1CCC=CCC1. The van der Waals surface area contributed by atoms with Gasteiger partial charge in [-0.15, -0.1) is 0 Å². The molecule has 3 nitrogen and oxygen atoms in total. The monoisotopic (exact) mass is 261 g/mol. The van der Waals surface area contributed by atoms with Crippen LogP contribution in [0.3, 0.4) is 0 Å². The van der Waals surface area contributed by atoms with Gasteiger partial charge in [0.2, 0.25) is 5.91 Å². The second-order valence-electron chi connectivity index (χ2n) is 5.22. The average Bonchev–Trinajstić information content (AvgIpc) is 2.75. The van der Waals surface area contributed by atoms with Gasteiger partial charge < -0.3 is 9.73 Å². The van der Waals surface area contributed by atoms with Crippen LogP contribution in [-0.2, 0) is 11.2 Å². The Hall–Kier alpha value is -1.51. The largest absolute Gasteiger partial charge is 0.468 e. The maximum absolute atomic E-state index is 12.3. The van der Waals surface area contributed by atoms with Crippen molar-refractivity contribution in [3.8, 4) is 0 Å². The summed E-state index contributed by atoms with van der Waals surface area (Å²) in [5, 5.41) is 3.16. The third-order valence-electron chi connectivity index (χ3n) is 3.82. The average molecular weight is 261 g/mol. The van der Waals surface area contributed by atoms with Gasteiger partial charge in [0.1, 0.15) is 5.76 Å². The summed E-state index contributed by atoms with van der Waals surface area (Å²) in [5.74, 6) is 0.685. The number of hydrogen-bond donors (Lipinski definition) is 1. The smallest absolute Gasteiger partial charge is 0.230 e. The van der Waals surface area contributed by atoms with E-state index in [1.807, 2.05) is 13.0 Å². The number of carbonyl (C=O) groups is 1. The fourth-order valence-corrected chi connectivity index (χ4v) is 2.58. The Balaban J connectivity index is 1.95. The van der Waals surface area contributed by atoms with Crippen LogP contribution in [0.1, 0.15) is 56.8 Å². The molecule has 1 aliphatic carbocycles. The van der Waals surface area contributed by atoms with E-state index in [-0.39, 0.29) is 11.8 Å². The normalized spacial score (nSPS) is 18.0. The van der Waals surface area contributed by atoms with E-state index in [0.717, 1.165) is 43.4 Å². The van der Waals surface area contributed by atoms with Crippen molar-refractivity contribution in [3.63, 3.8) is 0 Å². The topological polar surface area (TPSA) is 42.2 Å². The van der Waals surface area contributed by atoms with Crippen molar-refractivity contribution in [1.82, 2.24) is 5.32 Å². The first kappa shape index (κ1) is 13.9. The number of allylic oxidation sites excluding steroid dienone is 2. The molecule has 0 aromatic carbocycles. The molecule has 3 heteroatoms. The van der Waals surface area contributed by atoms with Crippen molar-refractivity contribution in [3.05, 3.63) is 35.8 Å². The second-order valence-corrected chi connectivity index (χ2v) is 5.22. The van der Waals surface area contributed by atoms with Crippen LogP contribution in [0.4, 0.5) is 0 Å². The molecule has 0 saturated heterocycles. The molecule has 1 amide bonds. The van der Waals surface area contributed by atoms with E-state index in [9.17, 15) is 4.79 Å². The molecule has 1 unspecified atom stereocenters. The lowest BCUT2D eigenvalue weighted by atomic mass is 10.0. The summed E-state index contributed by atoms with van der Waals surface area (Å²) in [6.45, 7) is 4.00. The Labute approximate surface area is 115 Å². The third-order valence-corrected chi connectivity index (χ3v) is 3.82. The van der Waals surface area contributed by atoms with Gasteiger partial charge in [-0.1, -0.05) is 19.1 Å². The van der Waals surface area contributed by atoms with E-state index in [1.165, 1.54) is 0 Å². The highest BCUT2D eigenvalue weighted by atomic mass is 16.3. The Kier molecular flexibility index (Phi) is 4.83. The van der Waals surface area contributed by atoms with Gasteiger partial charge in [0.25, 0.3) is 0 Å². The molecule has 1 heterocycles. The zero-order chi connectivity index (χ0) is 13.7. The van der Waals surface area contributed by atoms with Gasteiger partial charge in [0.15, 0.2) is 0 Å². The summed E-state index contributed by atoms with van der Waals surface area (Å²) < 4.78 is 5.48. The molecule has 2 rings (SSSR count). The van der Waals surface area contributed by atoms with Crippen molar-refractivity contribution in [2.24, 2.45) is 0 Å². The Morgan fingerprint density at radius 1 is 1.42 bits per heavy atom. The predicted molar refractivity (Wildman–Crippen MR) is 76.0 cm³/mol. The van der Waals surface area contributed by atoms with Crippen LogP contribution < -0.4 is 5.32 Å². The third kappa shape index (κ3) is 3.49. The van der Waals surface area contributed by atoms with Gasteiger partial charge in [-0.05, 0) is 50.7 Å². The molecule has 0 radical (unpaired) electrons. The summed E-state index contributed by atoms with van der Waals surface area (Å²) in [6, 6.07) is 2.25. The molecule has 0 aliphatic heterocycles. The first-order chi connectivity index (χ1) is 9.22. The van der Waals surface area contributed by atoms with Crippen LogP contribution >= 0.6 is 0 Å². The lowest BCUT2D eigenvalue weighted by Crippen LogP contribution is -2.37. The Morgan fingerprint density at radius 3 is 2.74 bits per heavy atom. The summed E-state index contributed by atoms with van der Waals surface area (Å²) in [6.07, 6.45) is 11.2. The van der Waals surface area contributed by atoms with Crippen LogP contribution in [0.15, 0.2) is 28.9 Å². The van der Waals surface area contributed by atoms with Gasteiger partial charge in [0, 0.05) is 6.04 Å². The molecule has 0 fully saturated rings. The molecule has 19 heavy (non-hydrogen) atoms. The van der Waals surface area contributed by atoms with Crippen molar-refractivity contribution in [2.45, 2.75) is 57.9 Å². The summed E-state index contributed by atoms with van der Waals surface area (Å²) in [5.41, 5.74) is 1.13. The standard InChI is InChI=1S/C16H23NO2/c1-3-13-10-11-19-15(13)12(2)16(18)17-14-8-6-4-5-7-9-14/h4-5,10-12,14H,3,6-9H2,1-2H3,(H,17,18). The van der Waals surface area contributed by atoms with Gasteiger partial charge in [-0.2, -0.15) is 0 Å². The van der Waals surface area contributed by atoms with Crippen molar-refractivity contribution < 1.29 is 9.21 Å². The minimum atomic E-state index is -0.207. The minimum Gasteiger partial charge on any atom is -0.468 e. The zero-order valence-electron chi connectivity index (χ0n) is 11.8. The highest BCUT2D eigenvalue weighted by molar-refractivity contribution is 5.83. The highest BCUT2D eigenvalue weighted by Crippen LogP contribution is 2.22. The number of amides is 1. The first-order valence-electron chi connectivity index (χ1n) is 7.24. The fraction of sp³-hybridized carbons (Fsp3) is 0.562. The lowest BCUT2D eigenvalue weighted by Gasteiger charge is -2.19. The second kappa shape index (κ2) is 6.60. The zero-order valence-corrected chi connectivity index (χ0v) is 11.8. The Morgan fingerprint density at radius 2 is 2.11 bits per heavy atom. The molecular formula is C16H23NO2. The summed E-state index contributed by atoms with van der Waals surface area (Å²) >= 11 is 0. The van der Waals surface area contributed by atoms with Crippen LogP contribution in [0.2, 0.25) is 0 Å². The van der Waals surface area contributed by atoms with Gasteiger partial charge >= 0.3 is 0 Å². The maximum Gasteiger partial charge on any atom is 0.230 e. The number of aryl methyl sites for hydroxylation is 1. The molecule has 0 bridgehead atoms. The summed E-state index contributed by atoms with van der Waals surface area (Å²) in [4.78, 5) is 12.3. The first-order valence-corrected chi connectivity index (χ1v) is 7.24. The van der Waals surface area contributed by atoms with E-state index in [1.54, 1.807) is 6.26 Å². The van der Waals surface area contributed by atoms with Crippen LogP contribution in [-0.4, -0.2) is 11.9 Å². The van der Waals surface area contributed by atoms with E-state index in [2.05, 4.69) is 24.4 Å². The van der Waals surface area contributed by atoms with Crippen molar-refractivity contribution in [2.75, 3.05) is 0 Å². The van der Waals surface area contributed by atoms with E-state index in [4.69, 9.17) is 4.42 Å². The number of carbonyl (C=O) groups excluding carboxylic acids is 1. The number of hydrogen-bond acceptors (Lipinski definition) is 2. The number of nitrogens with one attached hydrogen (secondary N) is 1. The minimum absolute atomic E-state index is 0.0801. The quantitative estimate of drug-likeness (QED) is 0.842. The van der Waals surface area contributed by atoms with E-state index >= 15 is 0 Å². The molecule has 0 spiro atoms. The van der Waals surface area contributed by atoms with Crippen LogP contribution in [0.5, 0.6) is 0 Å². The molecule has 1 aliphatic rings.